The summed E-state index contributed by atoms with van der Waals surface area (Å²) in [6.45, 7) is 0.738. The summed E-state index contributed by atoms with van der Waals surface area (Å²) in [5, 5.41) is 0. The lowest BCUT2D eigenvalue weighted by Crippen LogP contribution is -2.39. The summed E-state index contributed by atoms with van der Waals surface area (Å²) >= 11 is 0. The molecule has 0 amide bonds. The van der Waals surface area contributed by atoms with Gasteiger partial charge in [-0.2, -0.15) is 0 Å². The average Bonchev–Trinajstić information content (AvgIpc) is 2.83. The van der Waals surface area contributed by atoms with Gasteiger partial charge in [-0.15, -0.1) is 0 Å². The maximum Gasteiger partial charge on any atom is 0.123 e. The number of nitrogens with one attached hydrogen (secondary N) is 2. The Morgan fingerprint density at radius 3 is 2.67 bits per heavy atom. The monoisotopic (exact) mass is 249 g/mol. The molecule has 1 saturated carbocycles. The molecule has 0 spiro atoms. The van der Waals surface area contributed by atoms with Gasteiger partial charge >= 0.3 is 0 Å². The SMILES string of the molecule is NCC1CCCC2NNC(c3ccc(F)cc3)C12. The number of halogens is 1. The van der Waals surface area contributed by atoms with Gasteiger partial charge in [0.2, 0.25) is 0 Å². The zero-order valence-electron chi connectivity index (χ0n) is 10.4. The normalized spacial score (nSPS) is 35.4. The minimum absolute atomic E-state index is 0.180. The van der Waals surface area contributed by atoms with E-state index in [0.29, 0.717) is 17.9 Å². The van der Waals surface area contributed by atoms with Crippen LogP contribution in [-0.2, 0) is 0 Å². The molecule has 98 valence electrons. The van der Waals surface area contributed by atoms with E-state index in [1.807, 2.05) is 12.1 Å². The van der Waals surface area contributed by atoms with E-state index in [-0.39, 0.29) is 11.9 Å². The van der Waals surface area contributed by atoms with Crippen molar-refractivity contribution in [3.8, 4) is 0 Å². The van der Waals surface area contributed by atoms with Crippen molar-refractivity contribution in [3.05, 3.63) is 35.6 Å². The molecule has 3 rings (SSSR count). The molecule has 4 unspecified atom stereocenters. The standard InChI is InChI=1S/C14H20FN3/c15-11-6-4-9(5-7-11)14-13-10(8-16)2-1-3-12(13)17-18-14/h4-7,10,12-14,17-18H,1-3,8,16H2. The third-order valence-corrected chi connectivity index (χ3v) is 4.44. The lowest BCUT2D eigenvalue weighted by atomic mass is 9.72. The predicted octanol–water partition coefficient (Wildman–Crippen LogP) is 1.72. The topological polar surface area (TPSA) is 50.1 Å². The molecule has 1 aromatic rings. The summed E-state index contributed by atoms with van der Waals surface area (Å²) < 4.78 is 13.0. The molecule has 3 nitrogen and oxygen atoms in total. The van der Waals surface area contributed by atoms with E-state index in [1.54, 1.807) is 0 Å². The van der Waals surface area contributed by atoms with Crippen molar-refractivity contribution in [3.63, 3.8) is 0 Å². The van der Waals surface area contributed by atoms with Crippen LogP contribution in [0.2, 0.25) is 0 Å². The van der Waals surface area contributed by atoms with Crippen molar-refractivity contribution in [1.29, 1.82) is 0 Å². The van der Waals surface area contributed by atoms with E-state index in [2.05, 4.69) is 10.9 Å². The van der Waals surface area contributed by atoms with Crippen molar-refractivity contribution in [2.75, 3.05) is 6.54 Å². The van der Waals surface area contributed by atoms with Gasteiger partial charge in [-0.3, -0.25) is 5.43 Å². The van der Waals surface area contributed by atoms with Gasteiger partial charge in [0, 0.05) is 12.0 Å². The first kappa shape index (κ1) is 12.1. The summed E-state index contributed by atoms with van der Waals surface area (Å²) in [6, 6.07) is 7.57. The highest BCUT2D eigenvalue weighted by Gasteiger charge is 2.42. The van der Waals surface area contributed by atoms with E-state index in [9.17, 15) is 4.39 Å². The second kappa shape index (κ2) is 4.96. The molecule has 1 aliphatic heterocycles. The van der Waals surface area contributed by atoms with Crippen LogP contribution >= 0.6 is 0 Å². The molecule has 4 heteroatoms. The van der Waals surface area contributed by atoms with Crippen LogP contribution in [0.25, 0.3) is 0 Å². The Morgan fingerprint density at radius 1 is 1.17 bits per heavy atom. The summed E-state index contributed by atoms with van der Waals surface area (Å²) in [5.41, 5.74) is 13.8. The maximum absolute atomic E-state index is 13.0. The molecule has 0 bridgehead atoms. The van der Waals surface area contributed by atoms with Gasteiger partial charge in [0.15, 0.2) is 0 Å². The zero-order valence-corrected chi connectivity index (χ0v) is 10.4. The summed E-state index contributed by atoms with van der Waals surface area (Å²) in [4.78, 5) is 0. The van der Waals surface area contributed by atoms with Gasteiger partial charge < -0.3 is 5.73 Å². The van der Waals surface area contributed by atoms with Crippen molar-refractivity contribution in [2.45, 2.75) is 31.3 Å². The lowest BCUT2D eigenvalue weighted by Gasteiger charge is -2.35. The van der Waals surface area contributed by atoms with Crippen LogP contribution in [0.1, 0.15) is 30.9 Å². The molecule has 0 radical (unpaired) electrons. The van der Waals surface area contributed by atoms with Gasteiger partial charge in [0.1, 0.15) is 5.82 Å². The largest absolute Gasteiger partial charge is 0.330 e. The van der Waals surface area contributed by atoms with Crippen molar-refractivity contribution in [2.24, 2.45) is 17.6 Å². The molecule has 2 aliphatic rings. The van der Waals surface area contributed by atoms with Crippen molar-refractivity contribution < 1.29 is 4.39 Å². The zero-order chi connectivity index (χ0) is 12.5. The van der Waals surface area contributed by atoms with Gasteiger partial charge in [-0.05, 0) is 43.0 Å². The maximum atomic E-state index is 13.0. The molecular formula is C14H20FN3. The Kier molecular flexibility index (Phi) is 3.33. The predicted molar refractivity (Wildman–Crippen MR) is 69.1 cm³/mol. The van der Waals surface area contributed by atoms with E-state index in [4.69, 9.17) is 5.73 Å². The van der Waals surface area contributed by atoms with Crippen LogP contribution in [0, 0.1) is 17.7 Å². The van der Waals surface area contributed by atoms with E-state index in [0.717, 1.165) is 12.1 Å². The fourth-order valence-corrected chi connectivity index (χ4v) is 3.53. The van der Waals surface area contributed by atoms with Gasteiger partial charge in [0.25, 0.3) is 0 Å². The Morgan fingerprint density at radius 2 is 1.94 bits per heavy atom. The number of nitrogens with two attached hydrogens (primary N) is 1. The molecule has 1 heterocycles. The van der Waals surface area contributed by atoms with Crippen LogP contribution in [0.5, 0.6) is 0 Å². The fourth-order valence-electron chi connectivity index (χ4n) is 3.53. The average molecular weight is 249 g/mol. The van der Waals surface area contributed by atoms with Crippen molar-refractivity contribution in [1.82, 2.24) is 10.9 Å². The van der Waals surface area contributed by atoms with Gasteiger partial charge in [0.05, 0.1) is 6.04 Å². The number of rotatable bonds is 2. The Hall–Kier alpha value is -0.970. The molecule has 1 aromatic carbocycles. The number of fused-ring (bicyclic) bond motifs is 1. The smallest absolute Gasteiger partial charge is 0.123 e. The third-order valence-electron chi connectivity index (χ3n) is 4.44. The van der Waals surface area contributed by atoms with E-state index in [1.165, 1.54) is 31.4 Å². The van der Waals surface area contributed by atoms with Crippen LogP contribution in [-0.4, -0.2) is 12.6 Å². The fraction of sp³-hybridized carbons (Fsp3) is 0.571. The minimum Gasteiger partial charge on any atom is -0.330 e. The van der Waals surface area contributed by atoms with Crippen molar-refractivity contribution >= 4 is 0 Å². The van der Waals surface area contributed by atoms with Gasteiger partial charge in [-0.25, -0.2) is 9.82 Å². The summed E-state index contributed by atoms with van der Waals surface area (Å²) in [5.74, 6) is 0.899. The second-order valence-corrected chi connectivity index (χ2v) is 5.43. The molecule has 0 aromatic heterocycles. The highest BCUT2D eigenvalue weighted by molar-refractivity contribution is 5.23. The Bertz CT molecular complexity index is 406. The highest BCUT2D eigenvalue weighted by atomic mass is 19.1. The molecule has 4 atom stereocenters. The first-order chi connectivity index (χ1) is 8.79. The Balaban J connectivity index is 1.85. The molecular weight excluding hydrogens is 229 g/mol. The van der Waals surface area contributed by atoms with Crippen LogP contribution < -0.4 is 16.6 Å². The molecule has 2 fully saturated rings. The first-order valence-electron chi connectivity index (χ1n) is 6.76. The number of benzene rings is 1. The molecule has 4 N–H and O–H groups in total. The van der Waals surface area contributed by atoms with Gasteiger partial charge in [-0.1, -0.05) is 18.6 Å². The van der Waals surface area contributed by atoms with E-state index < -0.39 is 0 Å². The highest BCUT2D eigenvalue weighted by Crippen LogP contribution is 2.41. The third kappa shape index (κ3) is 2.05. The van der Waals surface area contributed by atoms with Crippen LogP contribution in [0.4, 0.5) is 4.39 Å². The Labute approximate surface area is 107 Å². The number of hydrazine groups is 1. The molecule has 18 heavy (non-hydrogen) atoms. The summed E-state index contributed by atoms with van der Waals surface area (Å²) in [6.07, 6.45) is 3.65. The molecule has 1 aliphatic carbocycles. The lowest BCUT2D eigenvalue weighted by molar-refractivity contribution is 0.208. The summed E-state index contributed by atoms with van der Waals surface area (Å²) in [7, 11) is 0. The number of hydrogen-bond donors (Lipinski definition) is 3. The van der Waals surface area contributed by atoms with E-state index >= 15 is 0 Å². The van der Waals surface area contributed by atoms with Crippen LogP contribution in [0.3, 0.4) is 0 Å². The van der Waals surface area contributed by atoms with Crippen LogP contribution in [0.15, 0.2) is 24.3 Å². The first-order valence-corrected chi connectivity index (χ1v) is 6.76. The quantitative estimate of drug-likeness (QED) is 0.748. The minimum atomic E-state index is -0.180. The second-order valence-electron chi connectivity index (χ2n) is 5.43. The number of hydrogen-bond acceptors (Lipinski definition) is 3. The molecule has 1 saturated heterocycles.